The molecule has 0 spiro atoms. The number of piperazine rings is 1. The fourth-order valence-electron chi connectivity index (χ4n) is 4.71. The summed E-state index contributed by atoms with van der Waals surface area (Å²) in [6.07, 6.45) is 6.74. The molecule has 2 fully saturated rings. The van der Waals surface area contributed by atoms with Gasteiger partial charge in [-0.25, -0.2) is 8.42 Å². The van der Waals surface area contributed by atoms with Crippen molar-refractivity contribution in [3.8, 4) is 0 Å². The third-order valence-corrected chi connectivity index (χ3v) is 8.35. The number of fused-ring (bicyclic) bond motifs is 1. The van der Waals surface area contributed by atoms with Crippen LogP contribution >= 0.6 is 12.4 Å². The number of aryl methyl sites for hydroxylation is 2. The Morgan fingerprint density at radius 2 is 1.75 bits per heavy atom. The second-order valence-corrected chi connectivity index (χ2v) is 10.1. The van der Waals surface area contributed by atoms with Crippen LogP contribution in [0.3, 0.4) is 0 Å². The van der Waals surface area contributed by atoms with Crippen molar-refractivity contribution >= 4 is 28.3 Å². The molecule has 4 rings (SSSR count). The third kappa shape index (κ3) is 4.22. The topological polar surface area (TPSA) is 83.7 Å². The van der Waals surface area contributed by atoms with E-state index in [2.05, 4.69) is 0 Å². The van der Waals surface area contributed by atoms with Gasteiger partial charge in [-0.1, -0.05) is 12.5 Å². The molecule has 8 heteroatoms. The number of carbonyl (C=O) groups excluding carboxylic acids is 1. The van der Waals surface area contributed by atoms with Crippen LogP contribution in [0.2, 0.25) is 0 Å². The highest BCUT2D eigenvalue weighted by atomic mass is 35.5. The molecule has 1 amide bonds. The third-order valence-electron chi connectivity index (χ3n) is 6.45. The van der Waals surface area contributed by atoms with Gasteiger partial charge in [0.25, 0.3) is 0 Å². The smallest absolute Gasteiger partial charge is 0.243 e. The standard InChI is InChI=1S/C20H29N3O3S.ClH/c21-19-6-2-5-17(19)14-20(24)22-9-11-23(12-10-22)27(25,26)18-8-7-15-3-1-4-16(15)13-18;/h7-8,13,17,19H,1-6,9-12,14,21H2;1H/t17-,19+;/m0./s1. The first-order chi connectivity index (χ1) is 12.9. The number of nitrogens with two attached hydrogens (primary N) is 1. The van der Waals surface area contributed by atoms with Crippen LogP contribution in [0, 0.1) is 5.92 Å². The summed E-state index contributed by atoms with van der Waals surface area (Å²) in [5.41, 5.74) is 8.52. The van der Waals surface area contributed by atoms with Gasteiger partial charge >= 0.3 is 0 Å². The summed E-state index contributed by atoms with van der Waals surface area (Å²) in [6.45, 7) is 1.65. The maximum atomic E-state index is 13.0. The summed E-state index contributed by atoms with van der Waals surface area (Å²) in [7, 11) is -3.49. The normalized spacial score (nSPS) is 25.4. The number of carbonyl (C=O) groups is 1. The molecule has 156 valence electrons. The molecular weight excluding hydrogens is 398 g/mol. The van der Waals surface area contributed by atoms with Crippen molar-refractivity contribution in [1.29, 1.82) is 0 Å². The second-order valence-electron chi connectivity index (χ2n) is 8.13. The van der Waals surface area contributed by atoms with Crippen LogP contribution in [0.4, 0.5) is 0 Å². The average molecular weight is 428 g/mol. The molecule has 0 unspecified atom stereocenters. The Hall–Kier alpha value is -1.15. The monoisotopic (exact) mass is 427 g/mol. The van der Waals surface area contributed by atoms with Crippen molar-refractivity contribution in [1.82, 2.24) is 9.21 Å². The van der Waals surface area contributed by atoms with Crippen LogP contribution in [0.1, 0.15) is 43.2 Å². The first kappa shape index (κ1) is 21.6. The number of sulfonamides is 1. The summed E-state index contributed by atoms with van der Waals surface area (Å²) in [5.74, 6) is 0.401. The van der Waals surface area contributed by atoms with Gasteiger partial charge in [-0.15, -0.1) is 12.4 Å². The van der Waals surface area contributed by atoms with Gasteiger partial charge < -0.3 is 10.6 Å². The lowest BCUT2D eigenvalue weighted by molar-refractivity contribution is -0.133. The lowest BCUT2D eigenvalue weighted by Gasteiger charge is -2.34. The Morgan fingerprint density at radius 1 is 1.04 bits per heavy atom. The van der Waals surface area contributed by atoms with E-state index in [1.54, 1.807) is 11.0 Å². The van der Waals surface area contributed by atoms with Crippen LogP contribution in [-0.4, -0.2) is 55.8 Å². The highest BCUT2D eigenvalue weighted by Gasteiger charge is 2.33. The van der Waals surface area contributed by atoms with Gasteiger partial charge in [0.05, 0.1) is 4.90 Å². The minimum absolute atomic E-state index is 0. The molecule has 1 saturated heterocycles. The Kier molecular flexibility index (Phi) is 6.69. The van der Waals surface area contributed by atoms with Crippen LogP contribution < -0.4 is 5.73 Å². The van der Waals surface area contributed by atoms with Crippen molar-refractivity contribution in [3.63, 3.8) is 0 Å². The second kappa shape index (κ2) is 8.69. The summed E-state index contributed by atoms with van der Waals surface area (Å²) in [5, 5.41) is 0. The van der Waals surface area contributed by atoms with Gasteiger partial charge in [0, 0.05) is 38.6 Å². The van der Waals surface area contributed by atoms with Gasteiger partial charge in [0.2, 0.25) is 15.9 Å². The van der Waals surface area contributed by atoms with E-state index in [1.165, 1.54) is 9.87 Å². The van der Waals surface area contributed by atoms with Gasteiger partial charge in [-0.05, 0) is 61.3 Å². The molecule has 2 aliphatic carbocycles. The van der Waals surface area contributed by atoms with Crippen molar-refractivity contribution in [3.05, 3.63) is 29.3 Å². The SMILES string of the molecule is Cl.N[C@@H]1CCC[C@H]1CC(=O)N1CCN(S(=O)(=O)c2ccc3c(c2)CCC3)CC1. The average Bonchev–Trinajstić information content (AvgIpc) is 3.30. The summed E-state index contributed by atoms with van der Waals surface area (Å²) in [6, 6.07) is 5.67. The predicted molar refractivity (Wildman–Crippen MR) is 111 cm³/mol. The van der Waals surface area contributed by atoms with Crippen LogP contribution in [0.15, 0.2) is 23.1 Å². The van der Waals surface area contributed by atoms with E-state index in [-0.39, 0.29) is 30.3 Å². The van der Waals surface area contributed by atoms with Gasteiger partial charge in [-0.2, -0.15) is 4.31 Å². The minimum Gasteiger partial charge on any atom is -0.340 e. The molecule has 2 atom stereocenters. The molecule has 28 heavy (non-hydrogen) atoms. The Bertz CT molecular complexity index is 822. The number of halogens is 1. The van der Waals surface area contributed by atoms with Gasteiger partial charge in [-0.3, -0.25) is 4.79 Å². The summed E-state index contributed by atoms with van der Waals surface area (Å²) >= 11 is 0. The zero-order valence-corrected chi connectivity index (χ0v) is 17.8. The number of nitrogens with zero attached hydrogens (tertiary/aromatic N) is 2. The molecule has 1 aliphatic heterocycles. The zero-order chi connectivity index (χ0) is 19.0. The molecule has 0 bridgehead atoms. The molecule has 1 saturated carbocycles. The van der Waals surface area contributed by atoms with Crippen molar-refractivity contribution in [2.24, 2.45) is 11.7 Å². The van der Waals surface area contributed by atoms with E-state index >= 15 is 0 Å². The number of rotatable bonds is 4. The van der Waals surface area contributed by atoms with E-state index < -0.39 is 10.0 Å². The highest BCUT2D eigenvalue weighted by Crippen LogP contribution is 2.29. The van der Waals surface area contributed by atoms with E-state index in [0.29, 0.717) is 37.5 Å². The molecular formula is C20H30ClN3O3S. The predicted octanol–water partition coefficient (Wildman–Crippen LogP) is 1.95. The number of amides is 1. The maximum Gasteiger partial charge on any atom is 0.243 e. The Morgan fingerprint density at radius 3 is 2.43 bits per heavy atom. The maximum absolute atomic E-state index is 13.0. The van der Waals surface area contributed by atoms with Crippen molar-refractivity contribution in [2.75, 3.05) is 26.2 Å². The Labute approximate surface area is 173 Å². The molecule has 2 N–H and O–H groups in total. The lowest BCUT2D eigenvalue weighted by atomic mass is 9.99. The number of benzene rings is 1. The molecule has 0 radical (unpaired) electrons. The quantitative estimate of drug-likeness (QED) is 0.795. The molecule has 0 aromatic heterocycles. The summed E-state index contributed by atoms with van der Waals surface area (Å²) < 4.78 is 27.5. The number of hydrogen-bond acceptors (Lipinski definition) is 4. The van der Waals surface area contributed by atoms with Crippen molar-refractivity contribution in [2.45, 2.75) is 55.9 Å². The van der Waals surface area contributed by atoms with Crippen LogP contribution in [0.25, 0.3) is 0 Å². The number of hydrogen-bond donors (Lipinski definition) is 1. The zero-order valence-electron chi connectivity index (χ0n) is 16.2. The highest BCUT2D eigenvalue weighted by molar-refractivity contribution is 7.89. The van der Waals surface area contributed by atoms with E-state index in [0.717, 1.165) is 44.1 Å². The largest absolute Gasteiger partial charge is 0.340 e. The fourth-order valence-corrected chi connectivity index (χ4v) is 6.18. The minimum atomic E-state index is -3.49. The first-order valence-corrected chi connectivity index (χ1v) is 11.5. The van der Waals surface area contributed by atoms with Crippen LogP contribution in [-0.2, 0) is 27.7 Å². The van der Waals surface area contributed by atoms with E-state index in [4.69, 9.17) is 5.73 Å². The molecule has 1 heterocycles. The van der Waals surface area contributed by atoms with Gasteiger partial charge in [0.1, 0.15) is 0 Å². The van der Waals surface area contributed by atoms with E-state index in [9.17, 15) is 13.2 Å². The van der Waals surface area contributed by atoms with Crippen molar-refractivity contribution < 1.29 is 13.2 Å². The van der Waals surface area contributed by atoms with Gasteiger partial charge in [0.15, 0.2) is 0 Å². The molecule has 1 aromatic rings. The lowest BCUT2D eigenvalue weighted by Crippen LogP contribution is -2.51. The molecule has 6 nitrogen and oxygen atoms in total. The summed E-state index contributed by atoms with van der Waals surface area (Å²) in [4.78, 5) is 14.8. The molecule has 3 aliphatic rings. The fraction of sp³-hybridized carbons (Fsp3) is 0.650. The Balaban J connectivity index is 0.00000225. The van der Waals surface area contributed by atoms with E-state index in [1.807, 2.05) is 12.1 Å². The first-order valence-electron chi connectivity index (χ1n) is 10.1. The molecule has 1 aromatic carbocycles. The van der Waals surface area contributed by atoms with Crippen LogP contribution in [0.5, 0.6) is 0 Å².